The molecule has 5 aromatic rings. The Balaban J connectivity index is 1.12. The van der Waals surface area contributed by atoms with Gasteiger partial charge in [-0.3, -0.25) is 24.1 Å². The highest BCUT2D eigenvalue weighted by molar-refractivity contribution is 5.93. The van der Waals surface area contributed by atoms with E-state index in [4.69, 9.17) is 4.74 Å². The minimum atomic E-state index is -1.33. The van der Waals surface area contributed by atoms with Gasteiger partial charge >= 0.3 is 6.09 Å². The van der Waals surface area contributed by atoms with Crippen LogP contribution < -0.4 is 26.6 Å². The summed E-state index contributed by atoms with van der Waals surface area (Å²) in [6.07, 6.45) is 3.10. The van der Waals surface area contributed by atoms with Gasteiger partial charge in [0, 0.05) is 50.4 Å². The summed E-state index contributed by atoms with van der Waals surface area (Å²) < 4.78 is 5.52. The van der Waals surface area contributed by atoms with Crippen LogP contribution >= 0.6 is 0 Å². The molecule has 362 valence electrons. The highest BCUT2D eigenvalue weighted by Gasteiger charge is 2.34. The van der Waals surface area contributed by atoms with Crippen LogP contribution in [0.4, 0.5) is 4.79 Å². The zero-order chi connectivity index (χ0) is 48.4. The molecule has 0 saturated carbocycles. The van der Waals surface area contributed by atoms with Crippen LogP contribution in [0.3, 0.4) is 0 Å². The molecule has 0 bridgehead atoms. The molecule has 1 fully saturated rings. The first kappa shape index (κ1) is 50.8. The molecule has 0 radical (unpaired) electrons. The monoisotopic (exact) mass is 929 g/mol. The van der Waals surface area contributed by atoms with Crippen molar-refractivity contribution in [1.82, 2.24) is 41.5 Å². The molecule has 6 rings (SSSR count). The number of aromatic amines is 1. The number of aliphatic hydroxyl groups excluding tert-OH is 1. The molecule has 68 heavy (non-hydrogen) atoms. The minimum absolute atomic E-state index is 0.000254. The van der Waals surface area contributed by atoms with Crippen LogP contribution in [0.1, 0.15) is 82.2 Å². The zero-order valence-corrected chi connectivity index (χ0v) is 39.7. The molecule has 15 heteroatoms. The molecule has 0 aliphatic carbocycles. The highest BCUT2D eigenvalue weighted by atomic mass is 16.5. The topological polar surface area (TPSA) is 207 Å². The Morgan fingerprint density at radius 2 is 1.41 bits per heavy atom. The smallest absolute Gasteiger partial charge is 0.408 e. The van der Waals surface area contributed by atoms with Gasteiger partial charge in [-0.2, -0.15) is 0 Å². The molecule has 4 unspecified atom stereocenters. The summed E-state index contributed by atoms with van der Waals surface area (Å²) in [5.74, 6) is -2.22. The first-order chi connectivity index (χ1) is 32.8. The lowest BCUT2D eigenvalue weighted by Gasteiger charge is -2.34. The van der Waals surface area contributed by atoms with Crippen LogP contribution in [0, 0.1) is 11.8 Å². The van der Waals surface area contributed by atoms with Crippen LogP contribution in [-0.4, -0.2) is 99.1 Å². The fraction of sp³-hybridized carbons (Fsp3) is 0.434. The summed E-state index contributed by atoms with van der Waals surface area (Å²) in [4.78, 5) is 79.0. The minimum Gasteiger partial charge on any atom is -0.445 e. The number of nitrogens with one attached hydrogen (secondary N) is 6. The second-order valence-corrected chi connectivity index (χ2v) is 18.4. The maximum atomic E-state index is 14.4. The molecular weight excluding hydrogens is 861 g/mol. The maximum absolute atomic E-state index is 14.4. The summed E-state index contributed by atoms with van der Waals surface area (Å²) in [5, 5.41) is 28.1. The van der Waals surface area contributed by atoms with Crippen molar-refractivity contribution in [3.05, 3.63) is 138 Å². The lowest BCUT2D eigenvalue weighted by Crippen LogP contribution is -2.58. The third-order valence-corrected chi connectivity index (χ3v) is 12.6. The van der Waals surface area contributed by atoms with Gasteiger partial charge in [0.2, 0.25) is 23.6 Å². The molecule has 1 saturated heterocycles. The molecule has 5 amide bonds. The van der Waals surface area contributed by atoms with Crippen molar-refractivity contribution >= 4 is 40.5 Å². The number of fused-ring (bicyclic) bond motifs is 1. The van der Waals surface area contributed by atoms with Crippen molar-refractivity contribution in [3.63, 3.8) is 0 Å². The number of ether oxygens (including phenoxy) is 1. The number of hydrogen-bond acceptors (Lipinski definition) is 9. The standard InChI is InChI=1S/C53H68N8O7/c1-5-36(4)49(52(66)56-41-23-25-61(26-24-41)32-37-15-8-6-9-16-37)60-48(63)30-47(62)44(27-35(2)3)57-51(65)46(29-42-31-54-34-55-42)58-50(64)45(59-53(67)68-33-38-17-10-7-11-18-38)28-40-21-14-20-39-19-12-13-22-43(39)40/h6-22,31,34-36,41,44-47,49,62H,5,23-30,32-33H2,1-4H3,(H,54,55)(H,56,66)(H,57,65)(H,58,64)(H,59,67)(H,60,63)/t36-,44?,45?,46?,47-,49?/m1/s1. The fourth-order valence-corrected chi connectivity index (χ4v) is 8.64. The van der Waals surface area contributed by atoms with Crippen molar-refractivity contribution < 1.29 is 33.8 Å². The third-order valence-electron chi connectivity index (χ3n) is 12.6. The van der Waals surface area contributed by atoms with Gasteiger partial charge < -0.3 is 41.4 Å². The van der Waals surface area contributed by atoms with E-state index in [9.17, 15) is 29.1 Å². The Bertz CT molecular complexity index is 2370. The van der Waals surface area contributed by atoms with Gasteiger partial charge in [-0.05, 0) is 58.6 Å². The van der Waals surface area contributed by atoms with Gasteiger partial charge in [-0.1, -0.05) is 137 Å². The Hall–Kier alpha value is -6.58. The number of carbonyl (C=O) groups is 5. The number of likely N-dealkylation sites (tertiary alicyclic amines) is 1. The van der Waals surface area contributed by atoms with E-state index in [1.54, 1.807) is 6.20 Å². The number of aliphatic hydroxyl groups is 1. The van der Waals surface area contributed by atoms with Crippen LogP contribution in [0.5, 0.6) is 0 Å². The van der Waals surface area contributed by atoms with E-state index in [-0.39, 0.29) is 49.7 Å². The van der Waals surface area contributed by atoms with E-state index in [0.29, 0.717) is 18.5 Å². The molecule has 6 atom stereocenters. The van der Waals surface area contributed by atoms with Gasteiger partial charge in [0.25, 0.3) is 0 Å². The molecule has 1 aromatic heterocycles. The molecule has 4 aromatic carbocycles. The number of carbonyl (C=O) groups excluding carboxylic acids is 5. The van der Waals surface area contributed by atoms with Crippen LogP contribution in [0.2, 0.25) is 0 Å². The first-order valence-corrected chi connectivity index (χ1v) is 23.9. The maximum Gasteiger partial charge on any atom is 0.408 e. The molecule has 2 heterocycles. The van der Waals surface area contributed by atoms with E-state index < -0.39 is 54.1 Å². The number of H-pyrrole nitrogens is 1. The quantitative estimate of drug-likeness (QED) is 0.0427. The van der Waals surface area contributed by atoms with Crippen LogP contribution in [-0.2, 0) is 49.9 Å². The van der Waals surface area contributed by atoms with E-state index in [2.05, 4.69) is 53.6 Å². The summed E-state index contributed by atoms with van der Waals surface area (Å²) in [7, 11) is 0. The Labute approximate surface area is 399 Å². The number of aromatic nitrogens is 2. The lowest BCUT2D eigenvalue weighted by molar-refractivity contribution is -0.133. The van der Waals surface area contributed by atoms with E-state index in [1.807, 2.05) is 119 Å². The van der Waals surface area contributed by atoms with E-state index in [0.717, 1.165) is 54.4 Å². The van der Waals surface area contributed by atoms with E-state index >= 15 is 0 Å². The number of amides is 5. The molecule has 15 nitrogen and oxygen atoms in total. The van der Waals surface area contributed by atoms with Crippen LogP contribution in [0.25, 0.3) is 10.8 Å². The van der Waals surface area contributed by atoms with Gasteiger partial charge in [-0.25, -0.2) is 9.78 Å². The predicted molar refractivity (Wildman–Crippen MR) is 262 cm³/mol. The highest BCUT2D eigenvalue weighted by Crippen LogP contribution is 2.21. The average Bonchev–Trinajstić information content (AvgIpc) is 3.86. The number of alkyl carbamates (subject to hydrolysis) is 1. The Kier molecular flexibility index (Phi) is 19.1. The molecule has 0 spiro atoms. The summed E-state index contributed by atoms with van der Waals surface area (Å²) in [5.41, 5.74) is 3.37. The summed E-state index contributed by atoms with van der Waals surface area (Å²) >= 11 is 0. The Morgan fingerprint density at radius 3 is 2.09 bits per heavy atom. The van der Waals surface area contributed by atoms with Gasteiger partial charge in [0.15, 0.2) is 0 Å². The number of imidazole rings is 1. The fourth-order valence-electron chi connectivity index (χ4n) is 8.64. The van der Waals surface area contributed by atoms with Gasteiger partial charge in [0.1, 0.15) is 24.7 Å². The molecule has 1 aliphatic heterocycles. The van der Waals surface area contributed by atoms with Crippen molar-refractivity contribution in [1.29, 1.82) is 0 Å². The lowest BCUT2D eigenvalue weighted by atomic mass is 9.94. The van der Waals surface area contributed by atoms with Gasteiger partial charge in [-0.15, -0.1) is 0 Å². The normalized spacial score (nSPS) is 15.9. The van der Waals surface area contributed by atoms with Crippen LogP contribution in [0.15, 0.2) is 116 Å². The number of benzene rings is 4. The number of nitrogens with zero attached hydrogens (tertiary/aromatic N) is 2. The molecule has 1 aliphatic rings. The van der Waals surface area contributed by atoms with E-state index in [1.165, 1.54) is 11.9 Å². The van der Waals surface area contributed by atoms with Crippen molar-refractivity contribution in [3.8, 4) is 0 Å². The average molecular weight is 929 g/mol. The number of rotatable bonds is 23. The second-order valence-electron chi connectivity index (χ2n) is 18.4. The number of piperidine rings is 1. The Morgan fingerprint density at radius 1 is 0.765 bits per heavy atom. The predicted octanol–water partition coefficient (Wildman–Crippen LogP) is 5.72. The van der Waals surface area contributed by atoms with Crippen molar-refractivity contribution in [2.45, 2.75) is 122 Å². The zero-order valence-electron chi connectivity index (χ0n) is 39.7. The first-order valence-electron chi connectivity index (χ1n) is 23.9. The summed E-state index contributed by atoms with van der Waals surface area (Å²) in [6.45, 7) is 10.3. The summed E-state index contributed by atoms with van der Waals surface area (Å²) in [6, 6.07) is 28.8. The third kappa shape index (κ3) is 15.5. The largest absolute Gasteiger partial charge is 0.445 e. The SMILES string of the molecule is CC[C@@H](C)C(NC(=O)C[C@@H](O)C(CC(C)C)NC(=O)C(Cc1cnc[nH]1)NC(=O)C(Cc1cccc2ccccc12)NC(=O)OCc1ccccc1)C(=O)NC1CCN(Cc2ccccc2)CC1. The second kappa shape index (κ2) is 25.5. The van der Waals surface area contributed by atoms with Crippen molar-refractivity contribution in [2.75, 3.05) is 13.1 Å². The molecular formula is C53H68N8O7. The van der Waals surface area contributed by atoms with Gasteiger partial charge in [0.05, 0.1) is 24.9 Å². The number of hydrogen-bond donors (Lipinski definition) is 7. The molecule has 7 N–H and O–H groups in total. The van der Waals surface area contributed by atoms with Crippen molar-refractivity contribution in [2.24, 2.45) is 11.8 Å².